The van der Waals surface area contributed by atoms with Gasteiger partial charge in [-0.1, -0.05) is 27.7 Å². The lowest BCUT2D eigenvalue weighted by atomic mass is 9.84. The van der Waals surface area contributed by atoms with Gasteiger partial charge >= 0.3 is 0 Å². The van der Waals surface area contributed by atoms with Crippen molar-refractivity contribution in [2.24, 2.45) is 11.3 Å². The monoisotopic (exact) mass is 337 g/mol. The largest absolute Gasteiger partial charge is 0.446 e. The first kappa shape index (κ1) is 20.2. The van der Waals surface area contributed by atoms with Crippen molar-refractivity contribution >= 4 is 11.8 Å². The summed E-state index contributed by atoms with van der Waals surface area (Å²) >= 11 is 0. The van der Waals surface area contributed by atoms with E-state index in [1.54, 1.807) is 4.90 Å². The summed E-state index contributed by atoms with van der Waals surface area (Å²) < 4.78 is 5.33. The molecule has 0 aromatic carbocycles. The average Bonchev–Trinajstić information content (AvgIpc) is 2.91. The second-order valence-electron chi connectivity index (χ2n) is 7.47. The van der Waals surface area contributed by atoms with Crippen molar-refractivity contribution in [3.63, 3.8) is 0 Å². The fourth-order valence-electron chi connectivity index (χ4n) is 2.82. The van der Waals surface area contributed by atoms with Gasteiger partial charge in [-0.05, 0) is 31.6 Å². The molecule has 1 aromatic heterocycles. The zero-order valence-electron chi connectivity index (χ0n) is 15.8. The Bertz CT molecular complexity index is 546. The first-order valence-corrected chi connectivity index (χ1v) is 8.66. The van der Waals surface area contributed by atoms with Crippen LogP contribution in [0.1, 0.15) is 70.8 Å². The molecule has 6 nitrogen and oxygen atoms in total. The maximum absolute atomic E-state index is 12.5. The standard InChI is InChI=1S/C18H31N3O3/c1-7-19-17(23)14-12-24-15(20-14)11-21(8-2)16(22)9-13(3)10-18(4,5)6/h12-13H,7-11H2,1-6H3,(H,19,23)/t13-/m1/s1. The Hall–Kier alpha value is -1.85. The van der Waals surface area contributed by atoms with Crippen molar-refractivity contribution in [1.82, 2.24) is 15.2 Å². The molecule has 0 aliphatic rings. The Morgan fingerprint density at radius 1 is 1.33 bits per heavy atom. The van der Waals surface area contributed by atoms with Gasteiger partial charge in [0.05, 0.1) is 6.54 Å². The molecule has 6 heteroatoms. The van der Waals surface area contributed by atoms with Gasteiger partial charge in [-0.3, -0.25) is 9.59 Å². The Balaban J connectivity index is 2.63. The van der Waals surface area contributed by atoms with E-state index in [0.717, 1.165) is 6.42 Å². The Morgan fingerprint density at radius 2 is 2.00 bits per heavy atom. The van der Waals surface area contributed by atoms with Crippen LogP contribution in [0.4, 0.5) is 0 Å². The van der Waals surface area contributed by atoms with Crippen LogP contribution in [0.25, 0.3) is 0 Å². The highest BCUT2D eigenvalue weighted by molar-refractivity contribution is 5.91. The third-order valence-electron chi connectivity index (χ3n) is 3.67. The third kappa shape index (κ3) is 6.72. The molecule has 1 aromatic rings. The highest BCUT2D eigenvalue weighted by atomic mass is 16.3. The molecule has 0 saturated carbocycles. The van der Waals surface area contributed by atoms with E-state index in [1.807, 2.05) is 13.8 Å². The molecule has 1 rings (SSSR count). The van der Waals surface area contributed by atoms with Crippen LogP contribution in [0.3, 0.4) is 0 Å². The Morgan fingerprint density at radius 3 is 2.54 bits per heavy atom. The van der Waals surface area contributed by atoms with Crippen molar-refractivity contribution in [3.05, 3.63) is 17.8 Å². The minimum Gasteiger partial charge on any atom is -0.446 e. The minimum atomic E-state index is -0.263. The van der Waals surface area contributed by atoms with E-state index in [1.165, 1.54) is 6.26 Å². The first-order chi connectivity index (χ1) is 11.2. The summed E-state index contributed by atoms with van der Waals surface area (Å²) in [5.41, 5.74) is 0.456. The van der Waals surface area contributed by atoms with Crippen LogP contribution in [0.2, 0.25) is 0 Å². The van der Waals surface area contributed by atoms with Crippen LogP contribution in [0.5, 0.6) is 0 Å². The molecule has 0 aliphatic heterocycles. The van der Waals surface area contributed by atoms with Crippen molar-refractivity contribution in [1.29, 1.82) is 0 Å². The molecule has 1 N–H and O–H groups in total. The lowest BCUT2D eigenvalue weighted by molar-refractivity contribution is -0.133. The molecule has 24 heavy (non-hydrogen) atoms. The summed E-state index contributed by atoms with van der Waals surface area (Å²) in [6.45, 7) is 13.8. The van der Waals surface area contributed by atoms with Gasteiger partial charge in [0.2, 0.25) is 11.8 Å². The van der Waals surface area contributed by atoms with Crippen LogP contribution in [0.15, 0.2) is 10.7 Å². The molecule has 0 fully saturated rings. The molecule has 0 spiro atoms. The van der Waals surface area contributed by atoms with E-state index >= 15 is 0 Å². The maximum atomic E-state index is 12.5. The molecule has 1 atom stereocenters. The molecule has 136 valence electrons. The maximum Gasteiger partial charge on any atom is 0.273 e. The van der Waals surface area contributed by atoms with Gasteiger partial charge in [0.25, 0.3) is 5.91 Å². The molecule has 0 bridgehead atoms. The quantitative estimate of drug-likeness (QED) is 0.790. The molecular weight excluding hydrogens is 306 g/mol. The summed E-state index contributed by atoms with van der Waals surface area (Å²) in [6, 6.07) is 0. The minimum absolute atomic E-state index is 0.0898. The molecule has 0 aliphatic carbocycles. The predicted molar refractivity (Wildman–Crippen MR) is 93.5 cm³/mol. The van der Waals surface area contributed by atoms with E-state index in [-0.39, 0.29) is 29.5 Å². The normalized spacial score (nSPS) is 12.8. The number of oxazole rings is 1. The van der Waals surface area contributed by atoms with Crippen molar-refractivity contribution in [2.75, 3.05) is 13.1 Å². The van der Waals surface area contributed by atoms with E-state index in [2.05, 4.69) is 38.0 Å². The van der Waals surface area contributed by atoms with Gasteiger partial charge in [0.1, 0.15) is 6.26 Å². The molecule has 1 heterocycles. The van der Waals surface area contributed by atoms with Crippen molar-refractivity contribution < 1.29 is 14.0 Å². The van der Waals surface area contributed by atoms with Crippen LogP contribution in [0, 0.1) is 11.3 Å². The number of aromatic nitrogens is 1. The molecule has 0 saturated heterocycles. The van der Waals surface area contributed by atoms with Crippen LogP contribution in [-0.4, -0.2) is 34.8 Å². The van der Waals surface area contributed by atoms with Crippen molar-refractivity contribution in [2.45, 2.75) is 60.9 Å². The lowest BCUT2D eigenvalue weighted by Crippen LogP contribution is -2.32. The smallest absolute Gasteiger partial charge is 0.273 e. The average molecular weight is 337 g/mol. The summed E-state index contributed by atoms with van der Waals surface area (Å²) in [7, 11) is 0. The zero-order chi connectivity index (χ0) is 18.3. The number of rotatable bonds is 8. The summed E-state index contributed by atoms with van der Waals surface area (Å²) in [5.74, 6) is 0.532. The summed E-state index contributed by atoms with van der Waals surface area (Å²) in [4.78, 5) is 30.1. The number of hydrogen-bond donors (Lipinski definition) is 1. The molecule has 2 amide bonds. The van der Waals surface area contributed by atoms with E-state index in [0.29, 0.717) is 31.3 Å². The van der Waals surface area contributed by atoms with Crippen LogP contribution in [-0.2, 0) is 11.3 Å². The number of nitrogens with one attached hydrogen (secondary N) is 1. The second-order valence-corrected chi connectivity index (χ2v) is 7.47. The highest BCUT2D eigenvalue weighted by Crippen LogP contribution is 2.26. The third-order valence-corrected chi connectivity index (χ3v) is 3.67. The fraction of sp³-hybridized carbons (Fsp3) is 0.722. The van der Waals surface area contributed by atoms with Gasteiger partial charge in [0.15, 0.2) is 5.69 Å². The van der Waals surface area contributed by atoms with Crippen molar-refractivity contribution in [3.8, 4) is 0 Å². The van der Waals surface area contributed by atoms with Gasteiger partial charge < -0.3 is 14.6 Å². The number of hydrogen-bond acceptors (Lipinski definition) is 4. The van der Waals surface area contributed by atoms with Gasteiger partial charge in [-0.15, -0.1) is 0 Å². The Labute approximate surface area is 145 Å². The fourth-order valence-corrected chi connectivity index (χ4v) is 2.82. The van der Waals surface area contributed by atoms with Crippen LogP contribution >= 0.6 is 0 Å². The predicted octanol–water partition coefficient (Wildman–Crippen LogP) is 3.24. The van der Waals surface area contributed by atoms with Gasteiger partial charge in [0, 0.05) is 19.5 Å². The summed E-state index contributed by atoms with van der Waals surface area (Å²) in [6.07, 6.45) is 2.84. The highest BCUT2D eigenvalue weighted by Gasteiger charge is 2.22. The SMILES string of the molecule is CCNC(=O)c1coc(CN(CC)C(=O)C[C@@H](C)CC(C)(C)C)n1. The molecule has 0 radical (unpaired) electrons. The number of carbonyl (C=O) groups is 2. The zero-order valence-corrected chi connectivity index (χ0v) is 15.8. The molecule has 0 unspecified atom stereocenters. The Kier molecular flexibility index (Phi) is 7.45. The van der Waals surface area contributed by atoms with Crippen LogP contribution < -0.4 is 5.32 Å². The van der Waals surface area contributed by atoms with E-state index in [9.17, 15) is 9.59 Å². The topological polar surface area (TPSA) is 75.4 Å². The van der Waals surface area contributed by atoms with E-state index < -0.39 is 0 Å². The lowest BCUT2D eigenvalue weighted by Gasteiger charge is -2.25. The van der Waals surface area contributed by atoms with Gasteiger partial charge in [-0.2, -0.15) is 0 Å². The first-order valence-electron chi connectivity index (χ1n) is 8.66. The second kappa shape index (κ2) is 8.85. The number of nitrogens with zero attached hydrogens (tertiary/aromatic N) is 2. The van der Waals surface area contributed by atoms with E-state index in [4.69, 9.17) is 4.42 Å². The molecular formula is C18H31N3O3. The number of carbonyl (C=O) groups excluding carboxylic acids is 2. The number of amides is 2. The van der Waals surface area contributed by atoms with Gasteiger partial charge in [-0.25, -0.2) is 4.98 Å². The summed E-state index contributed by atoms with van der Waals surface area (Å²) in [5, 5.41) is 2.67.